The summed E-state index contributed by atoms with van der Waals surface area (Å²) in [6.07, 6.45) is 19.6. The highest BCUT2D eigenvalue weighted by Gasteiger charge is 2.44. The van der Waals surface area contributed by atoms with Crippen LogP contribution in [-0.2, 0) is 15.1 Å². The fourth-order valence-electron chi connectivity index (χ4n) is 7.17. The molecule has 0 aromatic heterocycles. The van der Waals surface area contributed by atoms with E-state index in [4.69, 9.17) is 0 Å². The SMILES string of the molecule is CCC/C=C/C=C(C)\C=C(/C)NC(=O)CN(C[C@]1(C)CC[C@@](c2ccccc2)(N(C)C)CC1)C(=O)C(C)C(C)CC1CCC1. The van der Waals surface area contributed by atoms with Crippen LogP contribution in [0.4, 0.5) is 0 Å². The van der Waals surface area contributed by atoms with E-state index in [1.807, 2.05) is 24.8 Å². The average Bonchev–Trinajstić information content (AvgIpc) is 2.96. The first kappa shape index (κ1) is 35.8. The molecule has 2 aliphatic carbocycles. The molecule has 1 aromatic carbocycles. The van der Waals surface area contributed by atoms with Crippen molar-refractivity contribution < 1.29 is 9.59 Å². The van der Waals surface area contributed by atoms with E-state index in [-0.39, 0.29) is 35.2 Å². The summed E-state index contributed by atoms with van der Waals surface area (Å²) in [4.78, 5) is 31.8. The lowest BCUT2D eigenvalue weighted by molar-refractivity contribution is -0.142. The Morgan fingerprint density at radius 2 is 1.70 bits per heavy atom. The van der Waals surface area contributed by atoms with Gasteiger partial charge in [-0.1, -0.05) is 102 Å². The molecule has 44 heavy (non-hydrogen) atoms. The fraction of sp³-hybridized carbons (Fsp3) is 0.641. The molecule has 0 bridgehead atoms. The third kappa shape index (κ3) is 9.92. The molecule has 5 heteroatoms. The van der Waals surface area contributed by atoms with Crippen LogP contribution in [0.15, 0.2) is 65.9 Å². The number of amides is 2. The van der Waals surface area contributed by atoms with Crippen LogP contribution in [0, 0.1) is 23.2 Å². The quantitative estimate of drug-likeness (QED) is 0.204. The summed E-state index contributed by atoms with van der Waals surface area (Å²) in [5.74, 6) is 0.974. The van der Waals surface area contributed by atoms with E-state index in [0.717, 1.165) is 62.1 Å². The number of nitrogens with one attached hydrogen (secondary N) is 1. The Hall–Kier alpha value is -2.66. The molecule has 2 fully saturated rings. The Kier molecular flexibility index (Phi) is 13.5. The standard InChI is InChI=1S/C39H61N3O2/c1-9-10-11-13-17-30(2)26-32(4)40-36(43)28-42(37(44)33(5)31(3)27-34-18-16-19-34)29-38(6)22-24-39(25-23-38,41(7)8)35-20-14-12-15-21-35/h11-15,17,20-21,26,31,33-34H,9-10,16,18-19,22-25,27-29H2,1-8H3,(H,40,43)/b13-11+,30-17-,32-26+/t31?,33?,38-,39-. The maximum Gasteiger partial charge on any atom is 0.243 e. The minimum Gasteiger partial charge on any atom is -0.333 e. The third-order valence-electron chi connectivity index (χ3n) is 10.6. The first-order valence-electron chi connectivity index (χ1n) is 17.2. The number of carbonyl (C=O) groups is 2. The van der Waals surface area contributed by atoms with Crippen molar-refractivity contribution in [3.63, 3.8) is 0 Å². The highest BCUT2D eigenvalue weighted by atomic mass is 16.2. The van der Waals surface area contributed by atoms with E-state index in [0.29, 0.717) is 12.5 Å². The topological polar surface area (TPSA) is 52.7 Å². The summed E-state index contributed by atoms with van der Waals surface area (Å²) in [6, 6.07) is 10.9. The van der Waals surface area contributed by atoms with Gasteiger partial charge in [-0.05, 0) is 101 Å². The summed E-state index contributed by atoms with van der Waals surface area (Å²) in [7, 11) is 4.38. The van der Waals surface area contributed by atoms with Gasteiger partial charge in [-0.2, -0.15) is 0 Å². The number of hydrogen-bond acceptors (Lipinski definition) is 3. The molecule has 0 radical (unpaired) electrons. The van der Waals surface area contributed by atoms with Gasteiger partial charge in [-0.3, -0.25) is 14.5 Å². The van der Waals surface area contributed by atoms with E-state index in [1.165, 1.54) is 24.8 Å². The van der Waals surface area contributed by atoms with Gasteiger partial charge in [0.15, 0.2) is 0 Å². The van der Waals surface area contributed by atoms with Crippen molar-refractivity contribution in [1.29, 1.82) is 0 Å². The van der Waals surface area contributed by atoms with Gasteiger partial charge in [0.05, 0.1) is 6.54 Å². The number of rotatable bonds is 15. The van der Waals surface area contributed by atoms with Gasteiger partial charge in [0.2, 0.25) is 11.8 Å². The number of hydrogen-bond donors (Lipinski definition) is 1. The smallest absolute Gasteiger partial charge is 0.243 e. The van der Waals surface area contributed by atoms with Crippen molar-refractivity contribution in [2.24, 2.45) is 23.2 Å². The van der Waals surface area contributed by atoms with Crippen LogP contribution in [0.3, 0.4) is 0 Å². The second-order valence-electron chi connectivity index (χ2n) is 14.6. The zero-order chi connectivity index (χ0) is 32.3. The molecule has 1 aromatic rings. The molecule has 0 saturated heterocycles. The number of unbranched alkanes of at least 4 members (excludes halogenated alkanes) is 1. The van der Waals surface area contributed by atoms with Crippen LogP contribution in [0.1, 0.15) is 111 Å². The zero-order valence-corrected chi connectivity index (χ0v) is 29.1. The molecule has 244 valence electrons. The van der Waals surface area contributed by atoms with E-state index in [1.54, 1.807) is 0 Å². The molecule has 2 aliphatic rings. The molecular weight excluding hydrogens is 542 g/mol. The summed E-state index contributed by atoms with van der Waals surface area (Å²) < 4.78 is 0. The Morgan fingerprint density at radius 1 is 1.05 bits per heavy atom. The molecule has 0 spiro atoms. The van der Waals surface area contributed by atoms with Gasteiger partial charge >= 0.3 is 0 Å². The van der Waals surface area contributed by atoms with Gasteiger partial charge in [-0.25, -0.2) is 0 Å². The molecule has 2 saturated carbocycles. The zero-order valence-electron chi connectivity index (χ0n) is 29.1. The van der Waals surface area contributed by atoms with E-state index in [9.17, 15) is 9.59 Å². The van der Waals surface area contributed by atoms with Crippen LogP contribution in [0.5, 0.6) is 0 Å². The lowest BCUT2D eigenvalue weighted by Gasteiger charge is -2.50. The number of carbonyl (C=O) groups excluding carboxylic acids is 2. The first-order chi connectivity index (χ1) is 20.9. The van der Waals surface area contributed by atoms with Crippen LogP contribution >= 0.6 is 0 Å². The maximum absolute atomic E-state index is 14.1. The first-order valence-corrected chi connectivity index (χ1v) is 17.2. The van der Waals surface area contributed by atoms with Crippen molar-refractivity contribution >= 4 is 11.8 Å². The summed E-state index contributed by atoms with van der Waals surface area (Å²) in [5, 5.41) is 3.07. The molecule has 1 N–H and O–H groups in total. The number of benzene rings is 1. The predicted molar refractivity (Wildman–Crippen MR) is 185 cm³/mol. The van der Waals surface area contributed by atoms with Crippen molar-refractivity contribution in [2.45, 2.75) is 111 Å². The summed E-state index contributed by atoms with van der Waals surface area (Å²) >= 11 is 0. The fourth-order valence-corrected chi connectivity index (χ4v) is 7.17. The van der Waals surface area contributed by atoms with Gasteiger partial charge < -0.3 is 10.2 Å². The van der Waals surface area contributed by atoms with E-state index >= 15 is 0 Å². The van der Waals surface area contributed by atoms with Crippen LogP contribution in [0.25, 0.3) is 0 Å². The highest BCUT2D eigenvalue weighted by Crippen LogP contribution is 2.48. The monoisotopic (exact) mass is 603 g/mol. The molecule has 2 unspecified atom stereocenters. The largest absolute Gasteiger partial charge is 0.333 e. The Bertz CT molecular complexity index is 1150. The molecule has 0 aliphatic heterocycles. The molecule has 3 rings (SSSR count). The average molecular weight is 604 g/mol. The highest BCUT2D eigenvalue weighted by molar-refractivity contribution is 5.86. The van der Waals surface area contributed by atoms with Crippen molar-refractivity contribution in [2.75, 3.05) is 27.2 Å². The number of nitrogens with zero attached hydrogens (tertiary/aromatic N) is 2. The van der Waals surface area contributed by atoms with Crippen LogP contribution in [0.2, 0.25) is 0 Å². The second kappa shape index (κ2) is 16.6. The third-order valence-corrected chi connectivity index (χ3v) is 10.6. The molecule has 2 atom stereocenters. The molecule has 5 nitrogen and oxygen atoms in total. The maximum atomic E-state index is 14.1. The van der Waals surface area contributed by atoms with E-state index < -0.39 is 0 Å². The van der Waals surface area contributed by atoms with Crippen LogP contribution < -0.4 is 5.32 Å². The summed E-state index contributed by atoms with van der Waals surface area (Å²) in [6.45, 7) is 13.5. The Morgan fingerprint density at radius 3 is 2.27 bits per heavy atom. The Balaban J connectivity index is 1.75. The normalized spacial score (nSPS) is 24.7. The van der Waals surface area contributed by atoms with Gasteiger partial charge in [-0.15, -0.1) is 0 Å². The van der Waals surface area contributed by atoms with Crippen molar-refractivity contribution in [3.8, 4) is 0 Å². The molecule has 2 amide bonds. The van der Waals surface area contributed by atoms with Gasteiger partial charge in [0, 0.05) is 23.7 Å². The van der Waals surface area contributed by atoms with Crippen LogP contribution in [-0.4, -0.2) is 48.8 Å². The lowest BCUT2D eigenvalue weighted by Crippen LogP contribution is -2.51. The molecule has 0 heterocycles. The van der Waals surface area contributed by atoms with E-state index in [2.05, 4.69) is 101 Å². The number of allylic oxidation sites excluding steroid dienone is 6. The summed E-state index contributed by atoms with van der Waals surface area (Å²) in [5.41, 5.74) is 3.20. The predicted octanol–water partition coefficient (Wildman–Crippen LogP) is 8.64. The minimum absolute atomic E-state index is 0.00340. The lowest BCUT2D eigenvalue weighted by atomic mass is 9.65. The van der Waals surface area contributed by atoms with Crippen molar-refractivity contribution in [1.82, 2.24) is 15.1 Å². The van der Waals surface area contributed by atoms with Crippen molar-refractivity contribution in [3.05, 3.63) is 71.5 Å². The van der Waals surface area contributed by atoms with Gasteiger partial charge in [0.1, 0.15) is 0 Å². The second-order valence-corrected chi connectivity index (χ2v) is 14.6. The Labute approximate surface area is 269 Å². The van der Waals surface area contributed by atoms with Gasteiger partial charge in [0.25, 0.3) is 0 Å². The molecular formula is C39H61N3O2. The minimum atomic E-state index is -0.119.